The van der Waals surface area contributed by atoms with Crippen LogP contribution in [0, 0.1) is 5.82 Å². The molecule has 5 nitrogen and oxygen atoms in total. The molecule has 124 valence electrons. The highest BCUT2D eigenvalue weighted by Gasteiger charge is 2.12. The van der Waals surface area contributed by atoms with Crippen LogP contribution in [0.1, 0.15) is 0 Å². The molecule has 0 aliphatic carbocycles. The van der Waals surface area contributed by atoms with Crippen molar-refractivity contribution in [3.05, 3.63) is 65.8 Å². The van der Waals surface area contributed by atoms with Crippen LogP contribution in [0.3, 0.4) is 0 Å². The Labute approximate surface area is 146 Å². The number of aromatic nitrogens is 1. The lowest BCUT2D eigenvalue weighted by Crippen LogP contribution is -2.19. The Hall–Kier alpha value is -3.19. The number of thiazole rings is 1. The second-order valence-electron chi connectivity index (χ2n) is 5.25. The Balaban J connectivity index is 1.49. The first-order valence-corrected chi connectivity index (χ1v) is 8.34. The van der Waals surface area contributed by atoms with E-state index in [-0.39, 0.29) is 5.69 Å². The molecule has 0 atom stereocenters. The molecular formula is C18H12FN3O2S. The summed E-state index contributed by atoms with van der Waals surface area (Å²) in [4.78, 5) is 16.3. The predicted octanol–water partition coefficient (Wildman–Crippen LogP) is 5.34. The molecule has 2 N–H and O–H groups in total. The van der Waals surface area contributed by atoms with E-state index in [4.69, 9.17) is 4.42 Å². The van der Waals surface area contributed by atoms with Crippen molar-refractivity contribution in [2.75, 3.05) is 10.6 Å². The van der Waals surface area contributed by atoms with Gasteiger partial charge in [-0.25, -0.2) is 14.2 Å². The molecule has 4 aromatic rings. The number of carbonyl (C=O) groups excluding carboxylic acids is 1. The maximum Gasteiger partial charge on any atom is 0.325 e. The molecule has 2 amide bonds. The van der Waals surface area contributed by atoms with Crippen LogP contribution in [-0.4, -0.2) is 11.0 Å². The highest BCUT2D eigenvalue weighted by Crippen LogP contribution is 2.30. The van der Waals surface area contributed by atoms with E-state index >= 15 is 0 Å². The van der Waals surface area contributed by atoms with Crippen molar-refractivity contribution in [1.29, 1.82) is 0 Å². The molecule has 0 radical (unpaired) electrons. The lowest BCUT2D eigenvalue weighted by molar-refractivity contribution is 0.262. The van der Waals surface area contributed by atoms with Gasteiger partial charge in [0.2, 0.25) is 0 Å². The Morgan fingerprint density at radius 3 is 2.72 bits per heavy atom. The van der Waals surface area contributed by atoms with Gasteiger partial charge in [-0.3, -0.25) is 5.32 Å². The second kappa shape index (κ2) is 6.37. The summed E-state index contributed by atoms with van der Waals surface area (Å²) in [6.07, 6.45) is 0. The number of nitrogens with zero attached hydrogens (tertiary/aromatic N) is 1. The zero-order chi connectivity index (χ0) is 17.2. The predicted molar refractivity (Wildman–Crippen MR) is 96.4 cm³/mol. The van der Waals surface area contributed by atoms with E-state index in [1.165, 1.54) is 23.5 Å². The van der Waals surface area contributed by atoms with Gasteiger partial charge in [0.05, 0.1) is 5.69 Å². The standard InChI is InChI=1S/C18H12FN3O2S/c19-12-6-2-3-7-13(12)20-17(23)22-18-21-14(10-25-18)16-9-11-5-1-4-8-15(11)24-16/h1-10H,(H2,20,21,22,23). The van der Waals surface area contributed by atoms with Crippen molar-refractivity contribution >= 4 is 39.2 Å². The summed E-state index contributed by atoms with van der Waals surface area (Å²) in [6.45, 7) is 0. The van der Waals surface area contributed by atoms with E-state index in [1.807, 2.05) is 30.3 Å². The van der Waals surface area contributed by atoms with Gasteiger partial charge in [0.15, 0.2) is 10.9 Å². The smallest absolute Gasteiger partial charge is 0.325 e. The Kier molecular flexibility index (Phi) is 3.91. The van der Waals surface area contributed by atoms with Gasteiger partial charge in [-0.2, -0.15) is 0 Å². The van der Waals surface area contributed by atoms with Gasteiger partial charge in [0.25, 0.3) is 0 Å². The van der Waals surface area contributed by atoms with Crippen molar-refractivity contribution in [1.82, 2.24) is 4.98 Å². The molecule has 25 heavy (non-hydrogen) atoms. The van der Waals surface area contributed by atoms with E-state index in [0.717, 1.165) is 11.0 Å². The van der Waals surface area contributed by atoms with Gasteiger partial charge in [0.1, 0.15) is 17.1 Å². The number of para-hydroxylation sites is 2. The summed E-state index contributed by atoms with van der Waals surface area (Å²) >= 11 is 1.26. The normalized spacial score (nSPS) is 10.8. The van der Waals surface area contributed by atoms with Gasteiger partial charge < -0.3 is 9.73 Å². The van der Waals surface area contributed by atoms with E-state index in [2.05, 4.69) is 15.6 Å². The average Bonchev–Trinajstić information content (AvgIpc) is 3.23. The molecule has 0 fully saturated rings. The molecule has 0 saturated heterocycles. The van der Waals surface area contributed by atoms with Crippen molar-refractivity contribution in [3.63, 3.8) is 0 Å². The van der Waals surface area contributed by atoms with Gasteiger partial charge in [-0.1, -0.05) is 30.3 Å². The van der Waals surface area contributed by atoms with Gasteiger partial charge >= 0.3 is 6.03 Å². The van der Waals surface area contributed by atoms with Crippen molar-refractivity contribution in [3.8, 4) is 11.5 Å². The van der Waals surface area contributed by atoms with Crippen molar-refractivity contribution < 1.29 is 13.6 Å². The van der Waals surface area contributed by atoms with Crippen molar-refractivity contribution in [2.45, 2.75) is 0 Å². The van der Waals surface area contributed by atoms with E-state index in [1.54, 1.807) is 17.5 Å². The number of benzene rings is 2. The number of hydrogen-bond acceptors (Lipinski definition) is 4. The zero-order valence-corrected chi connectivity index (χ0v) is 13.6. The summed E-state index contributed by atoms with van der Waals surface area (Å²) in [6, 6.07) is 15.0. The van der Waals surface area contributed by atoms with Crippen LogP contribution in [0.25, 0.3) is 22.4 Å². The highest BCUT2D eigenvalue weighted by molar-refractivity contribution is 7.14. The molecule has 0 aliphatic rings. The number of halogens is 1. The van der Waals surface area contributed by atoms with Crippen molar-refractivity contribution in [2.24, 2.45) is 0 Å². The van der Waals surface area contributed by atoms with Crippen LogP contribution in [0.5, 0.6) is 0 Å². The van der Waals surface area contributed by atoms with Crippen LogP contribution in [0.2, 0.25) is 0 Å². The summed E-state index contributed by atoms with van der Waals surface area (Å²) in [5.41, 5.74) is 1.51. The number of urea groups is 1. The summed E-state index contributed by atoms with van der Waals surface area (Å²) < 4.78 is 19.3. The Morgan fingerprint density at radius 2 is 1.88 bits per heavy atom. The van der Waals surface area contributed by atoms with Gasteiger partial charge in [0, 0.05) is 10.8 Å². The minimum atomic E-state index is -0.560. The number of nitrogens with one attached hydrogen (secondary N) is 2. The largest absolute Gasteiger partial charge is 0.454 e. The Bertz CT molecular complexity index is 1020. The summed E-state index contributed by atoms with van der Waals surface area (Å²) in [7, 11) is 0. The molecule has 0 saturated carbocycles. The van der Waals surface area contributed by atoms with E-state index < -0.39 is 11.8 Å². The van der Waals surface area contributed by atoms with E-state index in [0.29, 0.717) is 16.6 Å². The number of rotatable bonds is 3. The third-order valence-corrected chi connectivity index (χ3v) is 4.28. The number of anilines is 2. The quantitative estimate of drug-likeness (QED) is 0.522. The molecule has 0 unspecified atom stereocenters. The van der Waals surface area contributed by atoms with Crippen LogP contribution in [-0.2, 0) is 0 Å². The van der Waals surface area contributed by atoms with Crippen LogP contribution in [0.15, 0.2) is 64.4 Å². The van der Waals surface area contributed by atoms with Crippen LogP contribution >= 0.6 is 11.3 Å². The second-order valence-corrected chi connectivity index (χ2v) is 6.10. The summed E-state index contributed by atoms with van der Waals surface area (Å²) in [5, 5.41) is 8.20. The molecule has 4 rings (SSSR count). The number of furan rings is 1. The zero-order valence-electron chi connectivity index (χ0n) is 12.8. The van der Waals surface area contributed by atoms with Crippen LogP contribution in [0.4, 0.5) is 20.0 Å². The third kappa shape index (κ3) is 3.22. The molecule has 2 aromatic carbocycles. The molecule has 0 aliphatic heterocycles. The monoisotopic (exact) mass is 353 g/mol. The first-order chi connectivity index (χ1) is 12.2. The average molecular weight is 353 g/mol. The molecular weight excluding hydrogens is 341 g/mol. The van der Waals surface area contributed by atoms with Gasteiger partial charge in [-0.15, -0.1) is 11.3 Å². The van der Waals surface area contributed by atoms with Crippen LogP contribution < -0.4 is 10.6 Å². The third-order valence-electron chi connectivity index (χ3n) is 3.52. The molecule has 0 bridgehead atoms. The first kappa shape index (κ1) is 15.3. The maximum atomic E-state index is 13.5. The minimum Gasteiger partial charge on any atom is -0.454 e. The molecule has 0 spiro atoms. The molecule has 2 heterocycles. The molecule has 2 aromatic heterocycles. The fraction of sp³-hybridized carbons (Fsp3) is 0. The first-order valence-electron chi connectivity index (χ1n) is 7.46. The summed E-state index contributed by atoms with van der Waals surface area (Å²) in [5.74, 6) is 0.125. The van der Waals surface area contributed by atoms with E-state index in [9.17, 15) is 9.18 Å². The number of hydrogen-bond donors (Lipinski definition) is 2. The minimum absolute atomic E-state index is 0.106. The lowest BCUT2D eigenvalue weighted by atomic mass is 10.2. The SMILES string of the molecule is O=C(Nc1nc(-c2cc3ccccc3o2)cs1)Nc1ccccc1F. The number of amides is 2. The highest BCUT2D eigenvalue weighted by atomic mass is 32.1. The molecule has 7 heteroatoms. The fourth-order valence-corrected chi connectivity index (χ4v) is 3.06. The maximum absolute atomic E-state index is 13.5. The number of carbonyl (C=O) groups is 1. The lowest BCUT2D eigenvalue weighted by Gasteiger charge is -2.05. The topological polar surface area (TPSA) is 67.2 Å². The van der Waals surface area contributed by atoms with Gasteiger partial charge in [-0.05, 0) is 24.3 Å². The Morgan fingerprint density at radius 1 is 1.08 bits per heavy atom. The fourth-order valence-electron chi connectivity index (χ4n) is 2.37. The number of fused-ring (bicyclic) bond motifs is 1.